The predicted molar refractivity (Wildman–Crippen MR) is 148 cm³/mol. The van der Waals surface area contributed by atoms with Gasteiger partial charge < -0.3 is 19.5 Å². The van der Waals surface area contributed by atoms with E-state index >= 15 is 0 Å². The smallest absolute Gasteiger partial charge is 0.235 e. The molecule has 0 aliphatic carbocycles. The molecule has 1 aliphatic heterocycles. The standard InChI is InChI=1S/C30H37FN4O4/c1-5-30(18-27(36)35(20-30)29-33-14-12-26(34-29)37-4)13-15-32-19-21-16-24(38-6-2)28(25(17-21)39-7-3)22-8-10-23(31)11-9-22/h8-12,14,16-17,32H,5-7,13,15,18-20H2,1-4H3/p+1. The lowest BCUT2D eigenvalue weighted by Crippen LogP contribution is -2.83. The molecule has 0 spiro atoms. The van der Waals surface area contributed by atoms with E-state index in [9.17, 15) is 9.18 Å². The molecule has 1 aliphatic rings. The van der Waals surface area contributed by atoms with Gasteiger partial charge in [0.2, 0.25) is 17.7 Å². The van der Waals surface area contributed by atoms with E-state index < -0.39 is 0 Å². The Hall–Kier alpha value is -3.72. The van der Waals surface area contributed by atoms with Gasteiger partial charge in [-0.05, 0) is 50.1 Å². The van der Waals surface area contributed by atoms with E-state index in [1.165, 1.54) is 12.1 Å². The van der Waals surface area contributed by atoms with Crippen molar-refractivity contribution in [2.24, 2.45) is 5.41 Å². The summed E-state index contributed by atoms with van der Waals surface area (Å²) in [4.78, 5) is 23.3. The van der Waals surface area contributed by atoms with Gasteiger partial charge in [-0.3, -0.25) is 9.69 Å². The molecular weight excluding hydrogens is 499 g/mol. The maximum absolute atomic E-state index is 13.6. The van der Waals surface area contributed by atoms with Crippen molar-refractivity contribution >= 4 is 11.9 Å². The lowest BCUT2D eigenvalue weighted by atomic mass is 9.81. The van der Waals surface area contributed by atoms with Crippen LogP contribution in [0.15, 0.2) is 48.7 Å². The number of anilines is 1. The predicted octanol–water partition coefficient (Wildman–Crippen LogP) is 4.38. The highest BCUT2D eigenvalue weighted by atomic mass is 19.1. The number of methoxy groups -OCH3 is 1. The normalized spacial score (nSPS) is 16.9. The molecule has 2 N–H and O–H groups in total. The number of halogens is 1. The van der Waals surface area contributed by atoms with Crippen molar-refractivity contribution in [1.29, 1.82) is 0 Å². The molecule has 1 atom stereocenters. The number of rotatable bonds is 13. The number of nitrogens with zero attached hydrogens (tertiary/aromatic N) is 3. The van der Waals surface area contributed by atoms with Gasteiger partial charge in [-0.25, -0.2) is 9.37 Å². The number of hydrogen-bond donors (Lipinski definition) is 1. The maximum atomic E-state index is 13.6. The molecule has 1 saturated heterocycles. The SMILES string of the molecule is CCOc1cc(C[NH2+]CCC2(CC)CC(=O)N(c3nccc(OC)n3)C2)cc(OCC)c1-c1ccc(F)cc1. The quantitative estimate of drug-likeness (QED) is 0.326. The fourth-order valence-corrected chi connectivity index (χ4v) is 5.11. The van der Waals surface area contributed by atoms with Crippen LogP contribution in [0.3, 0.4) is 0 Å². The summed E-state index contributed by atoms with van der Waals surface area (Å²) in [5.74, 6) is 2.04. The fraction of sp³-hybridized carbons (Fsp3) is 0.433. The van der Waals surface area contributed by atoms with Crippen LogP contribution < -0.4 is 24.4 Å². The van der Waals surface area contributed by atoms with Crippen molar-refractivity contribution in [2.45, 2.75) is 46.6 Å². The largest absolute Gasteiger partial charge is 0.493 e. The molecule has 1 unspecified atom stereocenters. The van der Waals surface area contributed by atoms with E-state index in [-0.39, 0.29) is 17.1 Å². The van der Waals surface area contributed by atoms with Crippen LogP contribution in [0, 0.1) is 11.2 Å². The first-order valence-electron chi connectivity index (χ1n) is 13.6. The molecule has 39 heavy (non-hydrogen) atoms. The van der Waals surface area contributed by atoms with Gasteiger partial charge in [-0.1, -0.05) is 19.1 Å². The highest BCUT2D eigenvalue weighted by Gasteiger charge is 2.43. The lowest BCUT2D eigenvalue weighted by Gasteiger charge is -2.26. The third kappa shape index (κ3) is 6.65. The molecule has 8 nitrogen and oxygen atoms in total. The van der Waals surface area contributed by atoms with E-state index in [2.05, 4.69) is 22.2 Å². The Morgan fingerprint density at radius 1 is 1.05 bits per heavy atom. The second-order valence-electron chi connectivity index (χ2n) is 9.78. The molecule has 0 bridgehead atoms. The molecule has 208 valence electrons. The van der Waals surface area contributed by atoms with Gasteiger partial charge in [-0.15, -0.1) is 0 Å². The summed E-state index contributed by atoms with van der Waals surface area (Å²) in [6, 6.07) is 12.1. The van der Waals surface area contributed by atoms with Gasteiger partial charge in [-0.2, -0.15) is 4.98 Å². The zero-order valence-electron chi connectivity index (χ0n) is 23.2. The summed E-state index contributed by atoms with van der Waals surface area (Å²) in [6.45, 7) is 9.24. The van der Waals surface area contributed by atoms with Crippen LogP contribution in [-0.4, -0.2) is 49.3 Å². The minimum atomic E-state index is -0.283. The Morgan fingerprint density at radius 3 is 2.36 bits per heavy atom. The fourth-order valence-electron chi connectivity index (χ4n) is 5.11. The van der Waals surface area contributed by atoms with Crippen molar-refractivity contribution in [3.05, 3.63) is 60.0 Å². The third-order valence-electron chi connectivity index (χ3n) is 7.26. The molecule has 9 heteroatoms. The summed E-state index contributed by atoms with van der Waals surface area (Å²) in [5, 5.41) is 2.25. The third-order valence-corrected chi connectivity index (χ3v) is 7.26. The van der Waals surface area contributed by atoms with E-state index in [0.29, 0.717) is 38.0 Å². The molecule has 3 aromatic rings. The topological polar surface area (TPSA) is 90.4 Å². The van der Waals surface area contributed by atoms with Crippen LogP contribution in [0.2, 0.25) is 0 Å². The number of carbonyl (C=O) groups excluding carboxylic acids is 1. The highest BCUT2D eigenvalue weighted by molar-refractivity contribution is 5.94. The molecule has 2 heterocycles. The molecule has 0 saturated carbocycles. The molecule has 4 rings (SSSR count). The summed E-state index contributed by atoms with van der Waals surface area (Å²) in [6.07, 6.45) is 3.87. The average Bonchev–Trinajstić information content (AvgIpc) is 3.29. The Labute approximate surface area is 229 Å². The lowest BCUT2D eigenvalue weighted by molar-refractivity contribution is -0.672. The number of ether oxygens (including phenoxy) is 3. The molecule has 1 amide bonds. The van der Waals surface area contributed by atoms with E-state index in [1.807, 2.05) is 26.0 Å². The molecular formula is C30H38FN4O4+. The van der Waals surface area contributed by atoms with E-state index in [4.69, 9.17) is 14.2 Å². The zero-order chi connectivity index (χ0) is 27.8. The Balaban J connectivity index is 1.45. The highest BCUT2D eigenvalue weighted by Crippen LogP contribution is 2.41. The van der Waals surface area contributed by atoms with Crippen LogP contribution in [-0.2, 0) is 11.3 Å². The monoisotopic (exact) mass is 537 g/mol. The summed E-state index contributed by atoms with van der Waals surface area (Å²) in [5.41, 5.74) is 2.63. The second-order valence-corrected chi connectivity index (χ2v) is 9.78. The van der Waals surface area contributed by atoms with Crippen molar-refractivity contribution < 1.29 is 28.7 Å². The van der Waals surface area contributed by atoms with Gasteiger partial charge >= 0.3 is 0 Å². The van der Waals surface area contributed by atoms with Gasteiger partial charge in [0.05, 0.1) is 32.4 Å². The minimum Gasteiger partial charge on any atom is -0.493 e. The molecule has 0 radical (unpaired) electrons. The van der Waals surface area contributed by atoms with Gasteiger partial charge in [0.1, 0.15) is 23.9 Å². The van der Waals surface area contributed by atoms with Crippen LogP contribution in [0.5, 0.6) is 17.4 Å². The number of aromatic nitrogens is 2. The first-order valence-corrected chi connectivity index (χ1v) is 13.6. The first-order chi connectivity index (χ1) is 18.9. The van der Waals surface area contributed by atoms with Gasteiger partial charge in [0, 0.05) is 42.6 Å². The van der Waals surface area contributed by atoms with Crippen LogP contribution >= 0.6 is 0 Å². The Kier molecular flexibility index (Phi) is 9.35. The van der Waals surface area contributed by atoms with Crippen molar-refractivity contribution in [3.63, 3.8) is 0 Å². The summed E-state index contributed by atoms with van der Waals surface area (Å²) in [7, 11) is 1.55. The Morgan fingerprint density at radius 2 is 1.74 bits per heavy atom. The Bertz CT molecular complexity index is 1240. The molecule has 2 aromatic carbocycles. The molecule has 1 fully saturated rings. The summed E-state index contributed by atoms with van der Waals surface area (Å²) < 4.78 is 30.8. The first kappa shape index (κ1) is 28.3. The number of nitrogens with two attached hydrogens (primary N) is 1. The van der Waals surface area contributed by atoms with Gasteiger partial charge in [0.25, 0.3) is 0 Å². The second kappa shape index (κ2) is 12.9. The number of quaternary nitrogens is 1. The number of carbonyl (C=O) groups is 1. The number of amides is 1. The van der Waals surface area contributed by atoms with Crippen molar-refractivity contribution in [2.75, 3.05) is 38.3 Å². The zero-order valence-corrected chi connectivity index (χ0v) is 23.2. The average molecular weight is 538 g/mol. The van der Waals surface area contributed by atoms with Crippen LogP contribution in [0.25, 0.3) is 11.1 Å². The van der Waals surface area contributed by atoms with Crippen LogP contribution in [0.4, 0.5) is 10.3 Å². The van der Waals surface area contributed by atoms with Crippen LogP contribution in [0.1, 0.15) is 45.6 Å². The van der Waals surface area contributed by atoms with E-state index in [0.717, 1.165) is 54.1 Å². The van der Waals surface area contributed by atoms with Gasteiger partial charge in [0.15, 0.2) is 0 Å². The molecule has 1 aromatic heterocycles. The summed E-state index contributed by atoms with van der Waals surface area (Å²) >= 11 is 0. The minimum absolute atomic E-state index is 0.0456. The van der Waals surface area contributed by atoms with Crippen molar-refractivity contribution in [1.82, 2.24) is 9.97 Å². The maximum Gasteiger partial charge on any atom is 0.235 e. The van der Waals surface area contributed by atoms with E-state index in [1.54, 1.807) is 36.4 Å². The van der Waals surface area contributed by atoms with Crippen molar-refractivity contribution in [3.8, 4) is 28.5 Å². The number of hydrogen-bond acceptors (Lipinski definition) is 6. The number of benzene rings is 2.